The quantitative estimate of drug-likeness (QED) is 0.171. The molecule has 0 aliphatic carbocycles. The van der Waals surface area contributed by atoms with Crippen molar-refractivity contribution in [2.24, 2.45) is 0 Å². The third-order valence-electron chi connectivity index (χ3n) is 27.5. The van der Waals surface area contributed by atoms with Gasteiger partial charge >= 0.3 is 0 Å². The molecule has 99 heavy (non-hydrogen) atoms. The average Bonchev–Trinajstić information content (AvgIpc) is 0.770. The Morgan fingerprint density at radius 2 is 0.141 bits per heavy atom. The molecule has 0 bridgehead atoms. The molecule has 9 aromatic rings. The first kappa shape index (κ1) is 82.6. The first-order valence-electron chi connectivity index (χ1n) is 36.9. The molecule has 0 unspecified atom stereocenters. The Hall–Kier alpha value is -7.09. The highest BCUT2D eigenvalue weighted by Crippen LogP contribution is 2.45. The van der Waals surface area contributed by atoms with Crippen molar-refractivity contribution in [2.75, 3.05) is 0 Å². The maximum Gasteiger partial charge on any atom is 0.0407 e. The molecular formula is C98H135N. The molecule has 0 aliphatic heterocycles. The number of rotatable bonds is 4. The lowest BCUT2D eigenvalue weighted by molar-refractivity contribution is 1.03. The van der Waals surface area contributed by atoms with Crippen LogP contribution in [0.4, 0.5) is 0 Å². The Kier molecular flexibility index (Phi) is 26.2. The van der Waals surface area contributed by atoms with Crippen molar-refractivity contribution in [1.82, 2.24) is 4.98 Å². The zero-order chi connectivity index (χ0) is 76.3. The molecule has 0 N–H and O–H groups in total. The predicted octanol–water partition coefficient (Wildman–Crippen LogP) is 28.4. The number of nitrogens with zero attached hydrogens (tertiary/aromatic N) is 1. The molecule has 0 atom stereocenters. The summed E-state index contributed by atoms with van der Waals surface area (Å²) in [6, 6.07) is 0. The van der Waals surface area contributed by atoms with Gasteiger partial charge in [0, 0.05) is 11.4 Å². The minimum Gasteiger partial charge on any atom is -0.258 e. The molecule has 8 aromatic carbocycles. The third-order valence-corrected chi connectivity index (χ3v) is 27.5. The molecule has 532 valence electrons. The van der Waals surface area contributed by atoms with Gasteiger partial charge in [0.15, 0.2) is 0 Å². The van der Waals surface area contributed by atoms with Crippen LogP contribution in [0.1, 0.15) is 251 Å². The molecule has 0 radical (unpaired) electrons. The lowest BCUT2D eigenvalue weighted by Crippen LogP contribution is -2.05. The highest BCUT2D eigenvalue weighted by molar-refractivity contribution is 5.85. The van der Waals surface area contributed by atoms with E-state index in [-0.39, 0.29) is 0 Å². The summed E-state index contributed by atoms with van der Waals surface area (Å²) in [5, 5.41) is 0. The fourth-order valence-electron chi connectivity index (χ4n) is 16.2. The second-order valence-corrected chi connectivity index (χ2v) is 31.2. The molecule has 0 aliphatic rings. The van der Waals surface area contributed by atoms with E-state index in [1.54, 1.807) is 0 Å². The summed E-state index contributed by atoms with van der Waals surface area (Å²) in [5.74, 6) is 0. The van der Waals surface area contributed by atoms with Gasteiger partial charge in [-0.1, -0.05) is 0 Å². The number of hydrogen-bond acceptors (Lipinski definition) is 1. The Bertz CT molecular complexity index is 3680. The standard InChI is InChI=1S/4C22H30.C10H15N/c4*1-11-13(3)17(7)21(18(8)14(11)4)22-19(9)15(5)12(2)16(6)20(22)10;1-6-7(2)9(4)11-10(5)8(6)3/h4*1-10H3;1-5H3. The highest BCUT2D eigenvalue weighted by Gasteiger charge is 2.25. The van der Waals surface area contributed by atoms with E-state index in [0.29, 0.717) is 0 Å². The van der Waals surface area contributed by atoms with Gasteiger partial charge in [-0.3, -0.25) is 4.98 Å². The predicted molar refractivity (Wildman–Crippen MR) is 445 cm³/mol. The largest absolute Gasteiger partial charge is 0.258 e. The maximum atomic E-state index is 4.43. The van der Waals surface area contributed by atoms with Crippen molar-refractivity contribution in [1.29, 1.82) is 0 Å². The summed E-state index contributed by atoms with van der Waals surface area (Å²) < 4.78 is 0. The molecule has 1 nitrogen and oxygen atoms in total. The van der Waals surface area contributed by atoms with E-state index >= 15 is 0 Å². The number of pyridine rings is 1. The molecule has 0 amide bonds. The van der Waals surface area contributed by atoms with Crippen molar-refractivity contribution in [3.05, 3.63) is 251 Å². The van der Waals surface area contributed by atoms with Gasteiger partial charge in [0.25, 0.3) is 0 Å². The van der Waals surface area contributed by atoms with Crippen LogP contribution in [0.15, 0.2) is 0 Å². The summed E-state index contributed by atoms with van der Waals surface area (Å²) in [5.41, 5.74) is 75.6. The first-order chi connectivity index (χ1) is 45.5. The summed E-state index contributed by atoms with van der Waals surface area (Å²) >= 11 is 0. The summed E-state index contributed by atoms with van der Waals surface area (Å²) in [7, 11) is 0. The highest BCUT2D eigenvalue weighted by atomic mass is 14.7. The van der Waals surface area contributed by atoms with Gasteiger partial charge in [-0.05, 0) is 595 Å². The zero-order valence-corrected chi connectivity index (χ0v) is 71.9. The third kappa shape index (κ3) is 14.7. The molecular weight excluding hydrogens is 1190 g/mol. The molecule has 9 rings (SSSR count). The van der Waals surface area contributed by atoms with Crippen LogP contribution in [0.3, 0.4) is 0 Å². The second-order valence-electron chi connectivity index (χ2n) is 31.2. The first-order valence-corrected chi connectivity index (χ1v) is 36.9. The van der Waals surface area contributed by atoms with Gasteiger partial charge in [0.1, 0.15) is 0 Å². The van der Waals surface area contributed by atoms with Crippen LogP contribution in [0, 0.1) is 312 Å². The fraction of sp³-hybridized carbons (Fsp3) is 0.459. The van der Waals surface area contributed by atoms with Crippen molar-refractivity contribution in [3.63, 3.8) is 0 Å². The maximum absolute atomic E-state index is 4.43. The summed E-state index contributed by atoms with van der Waals surface area (Å²) in [6.07, 6.45) is 0. The van der Waals surface area contributed by atoms with Crippen LogP contribution >= 0.6 is 0 Å². The number of aromatic nitrogens is 1. The fourth-order valence-corrected chi connectivity index (χ4v) is 16.2. The Labute approximate surface area is 608 Å². The monoisotopic (exact) mass is 1330 g/mol. The van der Waals surface area contributed by atoms with E-state index in [0.717, 1.165) is 11.4 Å². The zero-order valence-electron chi connectivity index (χ0n) is 71.9. The van der Waals surface area contributed by atoms with Crippen LogP contribution in [0.25, 0.3) is 44.5 Å². The number of benzene rings is 8. The molecule has 0 saturated heterocycles. The minimum absolute atomic E-state index is 1.16. The van der Waals surface area contributed by atoms with Crippen molar-refractivity contribution in [2.45, 2.75) is 312 Å². The van der Waals surface area contributed by atoms with Gasteiger partial charge in [-0.15, -0.1) is 0 Å². The van der Waals surface area contributed by atoms with Gasteiger partial charge in [0.05, 0.1) is 0 Å². The number of hydrogen-bond donors (Lipinski definition) is 0. The average molecular weight is 1330 g/mol. The van der Waals surface area contributed by atoms with E-state index in [4.69, 9.17) is 0 Å². The second kappa shape index (κ2) is 31.4. The van der Waals surface area contributed by atoms with Crippen molar-refractivity contribution < 1.29 is 0 Å². The summed E-state index contributed by atoms with van der Waals surface area (Å²) in [4.78, 5) is 4.43. The van der Waals surface area contributed by atoms with Crippen LogP contribution in [0.2, 0.25) is 0 Å². The lowest BCUT2D eigenvalue weighted by atomic mass is 9.80. The molecule has 1 heteroatoms. The van der Waals surface area contributed by atoms with Crippen LogP contribution < -0.4 is 0 Å². The van der Waals surface area contributed by atoms with Crippen molar-refractivity contribution in [3.8, 4) is 44.5 Å². The smallest absolute Gasteiger partial charge is 0.0407 e. The van der Waals surface area contributed by atoms with E-state index in [1.165, 1.54) is 284 Å². The molecule has 1 heterocycles. The van der Waals surface area contributed by atoms with Crippen molar-refractivity contribution >= 4 is 0 Å². The number of aryl methyl sites for hydroxylation is 2. The van der Waals surface area contributed by atoms with Gasteiger partial charge in [-0.25, -0.2) is 0 Å². The van der Waals surface area contributed by atoms with Gasteiger partial charge in [-0.2, -0.15) is 0 Å². The van der Waals surface area contributed by atoms with Crippen LogP contribution in [-0.4, -0.2) is 4.98 Å². The van der Waals surface area contributed by atoms with Gasteiger partial charge in [0.2, 0.25) is 0 Å². The molecule has 0 spiro atoms. The molecule has 0 saturated carbocycles. The topological polar surface area (TPSA) is 12.9 Å². The molecule has 1 aromatic heterocycles. The lowest BCUT2D eigenvalue weighted by Gasteiger charge is -2.25. The SMILES string of the molecule is Cc1c(C)c(C)c(-c2c(C)c(C)c(C)c(C)c2C)c(C)c1C.Cc1c(C)c(C)c(-c2c(C)c(C)c(C)c(C)c2C)c(C)c1C.Cc1c(C)c(C)c(-c2c(C)c(C)c(C)c(C)c2C)c(C)c1C.Cc1c(C)c(C)c(-c2c(C)c(C)c(C)c(C)c2C)c(C)c1C.Cc1nc(C)c(C)c(C)c1C. The van der Waals surface area contributed by atoms with Crippen LogP contribution in [-0.2, 0) is 0 Å². The van der Waals surface area contributed by atoms with E-state index in [9.17, 15) is 0 Å². The summed E-state index contributed by atoms with van der Waals surface area (Å²) in [6.45, 7) is 101. The Morgan fingerprint density at radius 3 is 0.222 bits per heavy atom. The minimum atomic E-state index is 1.16. The Balaban J connectivity index is 0.000000227. The molecule has 0 fully saturated rings. The van der Waals surface area contributed by atoms with E-state index in [2.05, 4.69) is 317 Å². The van der Waals surface area contributed by atoms with E-state index in [1.807, 2.05) is 0 Å². The van der Waals surface area contributed by atoms with Gasteiger partial charge < -0.3 is 0 Å². The van der Waals surface area contributed by atoms with Crippen LogP contribution in [0.5, 0.6) is 0 Å². The van der Waals surface area contributed by atoms with E-state index < -0.39 is 0 Å². The normalized spacial score (nSPS) is 11.1. The Morgan fingerprint density at radius 1 is 0.0808 bits per heavy atom.